The molecule has 0 aliphatic rings. The predicted molar refractivity (Wildman–Crippen MR) is 80.3 cm³/mol. The summed E-state index contributed by atoms with van der Waals surface area (Å²) < 4.78 is 18.8. The summed E-state index contributed by atoms with van der Waals surface area (Å²) >= 11 is 6.08. The number of ether oxygens (including phenoxy) is 1. The maximum atomic E-state index is 13.9. The SMILES string of the molecule is COc1ccc(C(=O)NC(C)c2ccccc2Cl)c(F)c1. The highest BCUT2D eigenvalue weighted by molar-refractivity contribution is 6.31. The van der Waals surface area contributed by atoms with Crippen molar-refractivity contribution in [2.45, 2.75) is 13.0 Å². The fourth-order valence-electron chi connectivity index (χ4n) is 1.99. The van der Waals surface area contributed by atoms with Crippen molar-refractivity contribution < 1.29 is 13.9 Å². The van der Waals surface area contributed by atoms with Crippen molar-refractivity contribution in [2.75, 3.05) is 7.11 Å². The summed E-state index contributed by atoms with van der Waals surface area (Å²) in [5, 5.41) is 3.28. The number of hydrogen-bond donors (Lipinski definition) is 1. The van der Waals surface area contributed by atoms with Gasteiger partial charge in [0.05, 0.1) is 18.7 Å². The molecule has 0 spiro atoms. The largest absolute Gasteiger partial charge is 0.497 e. The van der Waals surface area contributed by atoms with Gasteiger partial charge in [-0.3, -0.25) is 4.79 Å². The summed E-state index contributed by atoms with van der Waals surface area (Å²) in [5.74, 6) is -0.760. The van der Waals surface area contributed by atoms with Crippen LogP contribution in [0.2, 0.25) is 5.02 Å². The van der Waals surface area contributed by atoms with E-state index in [4.69, 9.17) is 16.3 Å². The number of methoxy groups -OCH3 is 1. The van der Waals surface area contributed by atoms with E-state index in [2.05, 4.69) is 5.32 Å². The third-order valence-electron chi connectivity index (χ3n) is 3.14. The lowest BCUT2D eigenvalue weighted by Crippen LogP contribution is -2.27. The Kier molecular flexibility index (Phi) is 4.81. The molecule has 1 unspecified atom stereocenters. The Morgan fingerprint density at radius 1 is 1.29 bits per heavy atom. The van der Waals surface area contributed by atoms with Gasteiger partial charge in [0.25, 0.3) is 5.91 Å². The van der Waals surface area contributed by atoms with Crippen LogP contribution in [0.3, 0.4) is 0 Å². The number of halogens is 2. The normalized spacial score (nSPS) is 11.8. The van der Waals surface area contributed by atoms with Gasteiger partial charge in [-0.15, -0.1) is 0 Å². The minimum Gasteiger partial charge on any atom is -0.497 e. The number of amides is 1. The zero-order valence-electron chi connectivity index (χ0n) is 11.7. The molecule has 2 aromatic rings. The van der Waals surface area contributed by atoms with Crippen LogP contribution < -0.4 is 10.1 Å². The van der Waals surface area contributed by atoms with Crippen molar-refractivity contribution in [3.05, 3.63) is 64.4 Å². The van der Waals surface area contributed by atoms with Gasteiger partial charge in [0.15, 0.2) is 0 Å². The minimum atomic E-state index is -0.627. The summed E-state index contributed by atoms with van der Waals surface area (Å²) in [6.45, 7) is 1.79. The summed E-state index contributed by atoms with van der Waals surface area (Å²) in [4.78, 5) is 12.1. The first-order chi connectivity index (χ1) is 10.0. The van der Waals surface area contributed by atoms with Crippen LogP contribution in [0.1, 0.15) is 28.9 Å². The smallest absolute Gasteiger partial charge is 0.254 e. The van der Waals surface area contributed by atoms with Crippen LogP contribution in [0, 0.1) is 5.82 Å². The quantitative estimate of drug-likeness (QED) is 0.928. The highest BCUT2D eigenvalue weighted by Gasteiger charge is 2.17. The van der Waals surface area contributed by atoms with Gasteiger partial charge >= 0.3 is 0 Å². The minimum absolute atomic E-state index is 0.0327. The first-order valence-corrected chi connectivity index (χ1v) is 6.79. The van der Waals surface area contributed by atoms with E-state index in [1.165, 1.54) is 25.3 Å². The number of rotatable bonds is 4. The fraction of sp³-hybridized carbons (Fsp3) is 0.188. The molecular formula is C16H15ClFNO2. The van der Waals surface area contributed by atoms with Crippen LogP contribution in [0.15, 0.2) is 42.5 Å². The molecule has 0 fully saturated rings. The molecule has 21 heavy (non-hydrogen) atoms. The maximum Gasteiger partial charge on any atom is 0.254 e. The second-order valence-electron chi connectivity index (χ2n) is 4.56. The summed E-state index contributed by atoms with van der Waals surface area (Å²) in [5.41, 5.74) is 0.746. The Hall–Kier alpha value is -2.07. The van der Waals surface area contributed by atoms with E-state index in [1.807, 2.05) is 18.2 Å². The average molecular weight is 308 g/mol. The molecule has 5 heteroatoms. The van der Waals surface area contributed by atoms with Crippen LogP contribution in [0.4, 0.5) is 4.39 Å². The van der Waals surface area contributed by atoms with Crippen LogP contribution >= 0.6 is 11.6 Å². The van der Waals surface area contributed by atoms with Crippen molar-refractivity contribution in [3.8, 4) is 5.75 Å². The monoisotopic (exact) mass is 307 g/mol. The molecule has 1 N–H and O–H groups in total. The summed E-state index contributed by atoms with van der Waals surface area (Å²) in [6.07, 6.45) is 0. The molecule has 0 aliphatic carbocycles. The molecule has 110 valence electrons. The first-order valence-electron chi connectivity index (χ1n) is 6.41. The van der Waals surface area contributed by atoms with Gasteiger partial charge in [-0.2, -0.15) is 0 Å². The number of benzene rings is 2. The lowest BCUT2D eigenvalue weighted by Gasteiger charge is -2.16. The van der Waals surface area contributed by atoms with Gasteiger partial charge in [-0.05, 0) is 30.7 Å². The van der Waals surface area contributed by atoms with E-state index in [9.17, 15) is 9.18 Å². The highest BCUT2D eigenvalue weighted by Crippen LogP contribution is 2.23. The Labute approximate surface area is 127 Å². The van der Waals surface area contributed by atoms with Gasteiger partial charge in [0, 0.05) is 11.1 Å². The Morgan fingerprint density at radius 2 is 2.00 bits per heavy atom. The molecule has 2 aromatic carbocycles. The third kappa shape index (κ3) is 3.52. The van der Waals surface area contributed by atoms with E-state index < -0.39 is 11.7 Å². The molecule has 0 saturated carbocycles. The molecule has 0 saturated heterocycles. The lowest BCUT2D eigenvalue weighted by atomic mass is 10.1. The van der Waals surface area contributed by atoms with Gasteiger partial charge in [0.2, 0.25) is 0 Å². The van der Waals surface area contributed by atoms with E-state index in [1.54, 1.807) is 13.0 Å². The number of nitrogens with one attached hydrogen (secondary N) is 1. The Bertz CT molecular complexity index is 660. The zero-order chi connectivity index (χ0) is 15.4. The van der Waals surface area contributed by atoms with E-state index >= 15 is 0 Å². The van der Waals surface area contributed by atoms with Crippen LogP contribution in [0.5, 0.6) is 5.75 Å². The molecule has 1 atom stereocenters. The van der Waals surface area contributed by atoms with Crippen molar-refractivity contribution in [3.63, 3.8) is 0 Å². The number of carbonyl (C=O) groups is 1. The molecule has 0 heterocycles. The number of carbonyl (C=O) groups excluding carboxylic acids is 1. The first kappa shape index (κ1) is 15.3. The van der Waals surface area contributed by atoms with Crippen molar-refractivity contribution in [1.82, 2.24) is 5.32 Å². The third-order valence-corrected chi connectivity index (χ3v) is 3.48. The van der Waals surface area contributed by atoms with Gasteiger partial charge in [-0.1, -0.05) is 29.8 Å². The number of hydrogen-bond acceptors (Lipinski definition) is 2. The molecule has 0 bridgehead atoms. The van der Waals surface area contributed by atoms with Gasteiger partial charge in [-0.25, -0.2) is 4.39 Å². The van der Waals surface area contributed by atoms with Crippen LogP contribution in [0.25, 0.3) is 0 Å². The van der Waals surface area contributed by atoms with Crippen molar-refractivity contribution in [1.29, 1.82) is 0 Å². The van der Waals surface area contributed by atoms with Gasteiger partial charge in [0.1, 0.15) is 11.6 Å². The zero-order valence-corrected chi connectivity index (χ0v) is 12.4. The second-order valence-corrected chi connectivity index (χ2v) is 4.97. The fourth-order valence-corrected chi connectivity index (χ4v) is 2.28. The molecule has 0 radical (unpaired) electrons. The van der Waals surface area contributed by atoms with Crippen molar-refractivity contribution >= 4 is 17.5 Å². The predicted octanol–water partition coefficient (Wildman–Crippen LogP) is 3.98. The average Bonchev–Trinajstić information content (AvgIpc) is 2.47. The molecule has 1 amide bonds. The molecule has 3 nitrogen and oxygen atoms in total. The summed E-state index contributed by atoms with van der Waals surface area (Å²) in [6, 6.07) is 11.0. The molecule has 2 rings (SSSR count). The lowest BCUT2D eigenvalue weighted by molar-refractivity contribution is 0.0936. The Balaban J connectivity index is 2.16. The van der Waals surface area contributed by atoms with Crippen LogP contribution in [-0.2, 0) is 0 Å². The summed E-state index contributed by atoms with van der Waals surface area (Å²) in [7, 11) is 1.44. The maximum absolute atomic E-state index is 13.9. The van der Waals surface area contributed by atoms with Gasteiger partial charge < -0.3 is 10.1 Å². The Morgan fingerprint density at radius 3 is 2.62 bits per heavy atom. The topological polar surface area (TPSA) is 38.3 Å². The standard InChI is InChI=1S/C16H15ClFNO2/c1-10(12-5-3-4-6-14(12)17)19-16(20)13-8-7-11(21-2)9-15(13)18/h3-10H,1-2H3,(H,19,20). The molecular weight excluding hydrogens is 293 g/mol. The van der Waals surface area contributed by atoms with E-state index in [-0.39, 0.29) is 11.6 Å². The highest BCUT2D eigenvalue weighted by atomic mass is 35.5. The molecule has 0 aromatic heterocycles. The van der Waals surface area contributed by atoms with Crippen LogP contribution in [-0.4, -0.2) is 13.0 Å². The van der Waals surface area contributed by atoms with E-state index in [0.717, 1.165) is 5.56 Å². The second kappa shape index (κ2) is 6.59. The van der Waals surface area contributed by atoms with E-state index in [0.29, 0.717) is 10.8 Å². The van der Waals surface area contributed by atoms with Crippen molar-refractivity contribution in [2.24, 2.45) is 0 Å². The molecule has 0 aliphatic heterocycles.